The van der Waals surface area contributed by atoms with E-state index in [1.165, 1.54) is 19.1 Å². The average molecular weight is 360 g/mol. The molecule has 0 aliphatic heterocycles. The standard InChI is InChI=1S/C15H15Cl2NO5/c1-7(2)23-15(22)9(8(3)19)6-18-11-5-4-10(16)12(13(11)17)14(20)21/h4-7,18H,1-3H3,(H,20,21). The number of nitrogens with one attached hydrogen (secondary N) is 1. The molecule has 0 aromatic heterocycles. The zero-order valence-corrected chi connectivity index (χ0v) is 14.2. The minimum absolute atomic E-state index is 0.0250. The molecule has 0 spiro atoms. The second-order valence-electron chi connectivity index (χ2n) is 4.80. The Hall–Kier alpha value is -2.05. The monoisotopic (exact) mass is 359 g/mol. The van der Waals surface area contributed by atoms with E-state index in [0.29, 0.717) is 0 Å². The zero-order valence-electron chi connectivity index (χ0n) is 12.6. The van der Waals surface area contributed by atoms with Crippen LogP contribution >= 0.6 is 23.2 Å². The van der Waals surface area contributed by atoms with E-state index in [2.05, 4.69) is 5.32 Å². The summed E-state index contributed by atoms with van der Waals surface area (Å²) in [5.41, 5.74) is -0.313. The Bertz CT molecular complexity index is 683. The maximum absolute atomic E-state index is 11.8. The van der Waals surface area contributed by atoms with Gasteiger partial charge >= 0.3 is 11.9 Å². The van der Waals surface area contributed by atoms with Crippen LogP contribution in [0.5, 0.6) is 0 Å². The van der Waals surface area contributed by atoms with Gasteiger partial charge in [0.05, 0.1) is 27.4 Å². The number of rotatable bonds is 6. The number of carbonyl (C=O) groups excluding carboxylic acids is 2. The van der Waals surface area contributed by atoms with Gasteiger partial charge in [-0.2, -0.15) is 0 Å². The maximum Gasteiger partial charge on any atom is 0.343 e. The van der Waals surface area contributed by atoms with E-state index in [0.717, 1.165) is 6.20 Å². The number of carboxylic acid groups (broad SMARTS) is 1. The molecule has 6 nitrogen and oxygen atoms in total. The number of benzene rings is 1. The van der Waals surface area contributed by atoms with Crippen LogP contribution in [0.4, 0.5) is 5.69 Å². The predicted octanol–water partition coefficient (Wildman–Crippen LogP) is 3.53. The van der Waals surface area contributed by atoms with Crippen LogP contribution < -0.4 is 5.32 Å². The quantitative estimate of drug-likeness (QED) is 0.349. The molecule has 23 heavy (non-hydrogen) atoms. The lowest BCUT2D eigenvalue weighted by atomic mass is 10.2. The van der Waals surface area contributed by atoms with Crippen molar-refractivity contribution in [3.8, 4) is 0 Å². The molecule has 0 saturated heterocycles. The molecule has 2 N–H and O–H groups in total. The summed E-state index contributed by atoms with van der Waals surface area (Å²) in [7, 11) is 0. The molecule has 0 aliphatic rings. The second-order valence-corrected chi connectivity index (χ2v) is 5.59. The van der Waals surface area contributed by atoms with Crippen LogP contribution in [0.25, 0.3) is 0 Å². The highest BCUT2D eigenvalue weighted by Crippen LogP contribution is 2.31. The molecule has 124 valence electrons. The molecule has 0 unspecified atom stereocenters. The van der Waals surface area contributed by atoms with E-state index in [1.807, 2.05) is 0 Å². The fourth-order valence-corrected chi connectivity index (χ4v) is 2.18. The van der Waals surface area contributed by atoms with Crippen molar-refractivity contribution < 1.29 is 24.2 Å². The van der Waals surface area contributed by atoms with E-state index in [1.54, 1.807) is 13.8 Å². The first-order valence-electron chi connectivity index (χ1n) is 6.55. The van der Waals surface area contributed by atoms with Gasteiger partial charge in [-0.3, -0.25) is 4.79 Å². The largest absolute Gasteiger partial charge is 0.478 e. The van der Waals surface area contributed by atoms with Crippen LogP contribution in [-0.4, -0.2) is 28.9 Å². The maximum atomic E-state index is 11.8. The Morgan fingerprint density at radius 3 is 2.35 bits per heavy atom. The number of halogens is 2. The summed E-state index contributed by atoms with van der Waals surface area (Å²) in [5.74, 6) is -2.59. The number of hydrogen-bond acceptors (Lipinski definition) is 5. The van der Waals surface area contributed by atoms with Gasteiger partial charge in [0.1, 0.15) is 5.57 Å². The number of Topliss-reactive ketones (excluding diaryl/α,β-unsaturated/α-hetero) is 1. The lowest BCUT2D eigenvalue weighted by Crippen LogP contribution is -2.18. The molecule has 0 saturated carbocycles. The van der Waals surface area contributed by atoms with Crippen LogP contribution in [-0.2, 0) is 14.3 Å². The van der Waals surface area contributed by atoms with Crippen LogP contribution in [0.2, 0.25) is 10.0 Å². The van der Waals surface area contributed by atoms with Gasteiger partial charge in [-0.15, -0.1) is 0 Å². The Balaban J connectivity index is 3.15. The molecular weight excluding hydrogens is 345 g/mol. The molecule has 8 heteroatoms. The van der Waals surface area contributed by atoms with E-state index < -0.39 is 17.7 Å². The van der Waals surface area contributed by atoms with Crippen LogP contribution in [0.1, 0.15) is 31.1 Å². The third kappa shape index (κ3) is 4.97. The van der Waals surface area contributed by atoms with E-state index in [4.69, 9.17) is 33.0 Å². The van der Waals surface area contributed by atoms with Gasteiger partial charge in [-0.05, 0) is 32.9 Å². The summed E-state index contributed by atoms with van der Waals surface area (Å²) in [6.45, 7) is 4.51. The summed E-state index contributed by atoms with van der Waals surface area (Å²) in [6, 6.07) is 2.77. The Labute approximate surface area is 143 Å². The summed E-state index contributed by atoms with van der Waals surface area (Å²) >= 11 is 11.8. The summed E-state index contributed by atoms with van der Waals surface area (Å²) < 4.78 is 4.96. The van der Waals surface area contributed by atoms with Crippen molar-refractivity contribution in [2.75, 3.05) is 5.32 Å². The van der Waals surface area contributed by atoms with Crippen molar-refractivity contribution in [1.82, 2.24) is 0 Å². The number of anilines is 1. The first kappa shape index (κ1) is 19.0. The fourth-order valence-electron chi connectivity index (χ4n) is 1.59. The molecule has 0 radical (unpaired) electrons. The Morgan fingerprint density at radius 1 is 1.26 bits per heavy atom. The van der Waals surface area contributed by atoms with Crippen molar-refractivity contribution in [2.24, 2.45) is 0 Å². The normalized spacial score (nSPS) is 11.3. The lowest BCUT2D eigenvalue weighted by Gasteiger charge is -2.11. The highest BCUT2D eigenvalue weighted by atomic mass is 35.5. The van der Waals surface area contributed by atoms with Crippen molar-refractivity contribution in [1.29, 1.82) is 0 Å². The van der Waals surface area contributed by atoms with Crippen LogP contribution in [0.3, 0.4) is 0 Å². The molecule has 1 aromatic carbocycles. The molecule has 0 amide bonds. The van der Waals surface area contributed by atoms with E-state index in [9.17, 15) is 14.4 Å². The Kier molecular flexibility index (Phi) is 6.60. The van der Waals surface area contributed by atoms with Gasteiger partial charge in [0.2, 0.25) is 0 Å². The Morgan fingerprint density at radius 2 is 1.87 bits per heavy atom. The number of carbonyl (C=O) groups is 3. The van der Waals surface area contributed by atoms with Gasteiger partial charge < -0.3 is 15.2 Å². The molecule has 0 aliphatic carbocycles. The summed E-state index contributed by atoms with van der Waals surface area (Å²) in [6.07, 6.45) is 0.733. The number of carboxylic acids is 1. The van der Waals surface area contributed by atoms with Gasteiger partial charge in [0.15, 0.2) is 5.78 Å². The first-order valence-corrected chi connectivity index (χ1v) is 7.30. The topological polar surface area (TPSA) is 92.7 Å². The third-order valence-corrected chi connectivity index (χ3v) is 3.33. The molecule has 1 aromatic rings. The third-order valence-electron chi connectivity index (χ3n) is 2.62. The minimum Gasteiger partial charge on any atom is -0.478 e. The number of hydrogen-bond donors (Lipinski definition) is 2. The highest BCUT2D eigenvalue weighted by molar-refractivity contribution is 6.41. The minimum atomic E-state index is -1.29. The molecule has 0 atom stereocenters. The van der Waals surface area contributed by atoms with Crippen molar-refractivity contribution in [2.45, 2.75) is 26.9 Å². The molecule has 1 rings (SSSR count). The van der Waals surface area contributed by atoms with Gasteiger partial charge in [-0.1, -0.05) is 23.2 Å². The van der Waals surface area contributed by atoms with E-state index >= 15 is 0 Å². The zero-order chi connectivity index (χ0) is 17.7. The molecular formula is C15H15Cl2NO5. The van der Waals surface area contributed by atoms with Crippen molar-refractivity contribution in [3.05, 3.63) is 39.5 Å². The number of aromatic carboxylic acids is 1. The highest BCUT2D eigenvalue weighted by Gasteiger charge is 2.19. The van der Waals surface area contributed by atoms with Crippen molar-refractivity contribution >= 4 is 46.6 Å². The molecule has 0 fully saturated rings. The summed E-state index contributed by atoms with van der Waals surface area (Å²) in [4.78, 5) is 34.5. The summed E-state index contributed by atoms with van der Waals surface area (Å²) in [5, 5.41) is 11.6. The van der Waals surface area contributed by atoms with Crippen molar-refractivity contribution in [3.63, 3.8) is 0 Å². The lowest BCUT2D eigenvalue weighted by molar-refractivity contribution is -0.143. The number of ether oxygens (including phenoxy) is 1. The first-order chi connectivity index (χ1) is 10.6. The fraction of sp³-hybridized carbons (Fsp3) is 0.267. The van der Waals surface area contributed by atoms with Gasteiger partial charge in [0.25, 0.3) is 0 Å². The predicted molar refractivity (Wildman–Crippen MR) is 87.0 cm³/mol. The number of esters is 1. The SMILES string of the molecule is CC(=O)C(=CNc1ccc(Cl)c(C(=O)O)c1Cl)C(=O)OC(C)C. The van der Waals surface area contributed by atoms with Gasteiger partial charge in [0, 0.05) is 6.20 Å². The van der Waals surface area contributed by atoms with Gasteiger partial charge in [-0.25, -0.2) is 9.59 Å². The number of ketones is 1. The smallest absolute Gasteiger partial charge is 0.343 e. The average Bonchev–Trinajstić information content (AvgIpc) is 2.39. The van der Waals surface area contributed by atoms with Crippen LogP contribution in [0.15, 0.2) is 23.9 Å². The van der Waals surface area contributed by atoms with Crippen LogP contribution in [0, 0.1) is 0 Å². The second kappa shape index (κ2) is 7.99. The van der Waals surface area contributed by atoms with E-state index in [-0.39, 0.29) is 33.0 Å². The molecule has 0 bridgehead atoms. The molecule has 0 heterocycles.